The fraction of sp³-hybridized carbons (Fsp3) is 0.700. The zero-order valence-corrected chi connectivity index (χ0v) is 15.1. The molecular weight excluding hydrogens is 270 g/mol. The molecule has 0 aromatic heterocycles. The zero-order chi connectivity index (χ0) is 16.1. The molecule has 1 aromatic rings. The fourth-order valence-electron chi connectivity index (χ4n) is 3.52. The highest BCUT2D eigenvalue weighted by Gasteiger charge is 2.20. The summed E-state index contributed by atoms with van der Waals surface area (Å²) in [7, 11) is 1.78. The van der Waals surface area contributed by atoms with Crippen molar-refractivity contribution in [1.29, 1.82) is 0 Å². The molecule has 1 aromatic carbocycles. The van der Waals surface area contributed by atoms with E-state index in [1.807, 2.05) is 0 Å². The summed E-state index contributed by atoms with van der Waals surface area (Å²) in [6.07, 6.45) is 5.22. The van der Waals surface area contributed by atoms with E-state index in [9.17, 15) is 0 Å². The third-order valence-electron chi connectivity index (χ3n) is 5.14. The molecule has 0 N–H and O–H groups in total. The number of methoxy groups -OCH3 is 1. The largest absolute Gasteiger partial charge is 0.496 e. The van der Waals surface area contributed by atoms with Crippen molar-refractivity contribution < 1.29 is 4.74 Å². The lowest BCUT2D eigenvalue weighted by Crippen LogP contribution is -2.38. The Hall–Kier alpha value is -1.02. The molecule has 2 heteroatoms. The van der Waals surface area contributed by atoms with Gasteiger partial charge in [-0.2, -0.15) is 0 Å². The molecule has 1 fully saturated rings. The number of nitrogens with zero attached hydrogens (tertiary/aromatic N) is 1. The van der Waals surface area contributed by atoms with Crippen molar-refractivity contribution >= 4 is 0 Å². The number of benzene rings is 1. The third kappa shape index (κ3) is 4.49. The van der Waals surface area contributed by atoms with E-state index in [1.165, 1.54) is 49.9 Å². The second-order valence-electron chi connectivity index (χ2n) is 7.34. The van der Waals surface area contributed by atoms with E-state index >= 15 is 0 Å². The monoisotopic (exact) mass is 303 g/mol. The van der Waals surface area contributed by atoms with Crippen LogP contribution in [0.4, 0.5) is 0 Å². The summed E-state index contributed by atoms with van der Waals surface area (Å²) in [5.41, 5.74) is 2.74. The zero-order valence-electron chi connectivity index (χ0n) is 15.1. The van der Waals surface area contributed by atoms with Gasteiger partial charge in [0.1, 0.15) is 5.75 Å². The molecule has 2 nitrogen and oxygen atoms in total. The number of piperidine rings is 1. The molecular formula is C20H33NO. The second-order valence-corrected chi connectivity index (χ2v) is 7.34. The first-order chi connectivity index (χ1) is 10.5. The van der Waals surface area contributed by atoms with E-state index in [0.717, 1.165) is 11.7 Å². The maximum absolute atomic E-state index is 5.57. The number of hydrogen-bond acceptors (Lipinski definition) is 2. The topological polar surface area (TPSA) is 12.5 Å². The summed E-state index contributed by atoms with van der Waals surface area (Å²) in [5.74, 6) is 2.47. The summed E-state index contributed by atoms with van der Waals surface area (Å²) in [5, 5.41) is 0. The highest BCUT2D eigenvalue weighted by atomic mass is 16.5. The predicted octanol–water partition coefficient (Wildman–Crippen LogP) is 4.87. The van der Waals surface area contributed by atoms with Crippen molar-refractivity contribution in [3.05, 3.63) is 29.3 Å². The van der Waals surface area contributed by atoms with Crippen molar-refractivity contribution in [2.24, 2.45) is 5.92 Å². The van der Waals surface area contributed by atoms with Gasteiger partial charge in [0.2, 0.25) is 0 Å². The second kappa shape index (κ2) is 8.01. The third-order valence-corrected chi connectivity index (χ3v) is 5.14. The van der Waals surface area contributed by atoms with Gasteiger partial charge in [-0.1, -0.05) is 26.0 Å². The minimum atomic E-state index is 0.518. The molecule has 1 aliphatic heterocycles. The number of hydrogen-bond donors (Lipinski definition) is 0. The highest BCUT2D eigenvalue weighted by Crippen LogP contribution is 2.29. The molecule has 0 radical (unpaired) electrons. The Kier molecular flexibility index (Phi) is 6.31. The van der Waals surface area contributed by atoms with Crippen LogP contribution in [0, 0.1) is 5.92 Å². The standard InChI is InChI=1S/C20H33NO/c1-15(2)19-9-8-18(14-20(19)22-5)7-6-17-10-12-21(13-11-17)16(3)4/h8-9,14-17H,6-7,10-13H2,1-5H3. The van der Waals surface area contributed by atoms with Gasteiger partial charge in [0.05, 0.1) is 7.11 Å². The molecule has 2 rings (SSSR count). The smallest absolute Gasteiger partial charge is 0.122 e. The summed E-state index contributed by atoms with van der Waals surface area (Å²) < 4.78 is 5.57. The van der Waals surface area contributed by atoms with Crippen molar-refractivity contribution in [2.45, 2.75) is 65.3 Å². The first-order valence-corrected chi connectivity index (χ1v) is 8.92. The van der Waals surface area contributed by atoms with Crippen LogP contribution in [0.15, 0.2) is 18.2 Å². The quantitative estimate of drug-likeness (QED) is 0.743. The van der Waals surface area contributed by atoms with Crippen LogP contribution in [0.1, 0.15) is 64.0 Å². The van der Waals surface area contributed by atoms with E-state index in [1.54, 1.807) is 7.11 Å². The SMILES string of the molecule is COc1cc(CCC2CCN(C(C)C)CC2)ccc1C(C)C. The van der Waals surface area contributed by atoms with E-state index in [0.29, 0.717) is 12.0 Å². The van der Waals surface area contributed by atoms with Crippen LogP contribution in [0.3, 0.4) is 0 Å². The lowest BCUT2D eigenvalue weighted by molar-refractivity contribution is 0.146. The molecule has 0 amide bonds. The highest BCUT2D eigenvalue weighted by molar-refractivity contribution is 5.39. The molecule has 0 aliphatic carbocycles. The van der Waals surface area contributed by atoms with E-state index < -0.39 is 0 Å². The number of aryl methyl sites for hydroxylation is 1. The lowest BCUT2D eigenvalue weighted by atomic mass is 9.89. The molecule has 1 saturated heterocycles. The summed E-state index contributed by atoms with van der Waals surface area (Å²) >= 11 is 0. The van der Waals surface area contributed by atoms with Gasteiger partial charge >= 0.3 is 0 Å². The van der Waals surface area contributed by atoms with Gasteiger partial charge in [0.25, 0.3) is 0 Å². The van der Waals surface area contributed by atoms with Crippen LogP contribution in [0.2, 0.25) is 0 Å². The van der Waals surface area contributed by atoms with Crippen LogP contribution in [0.25, 0.3) is 0 Å². The van der Waals surface area contributed by atoms with Crippen LogP contribution in [0.5, 0.6) is 5.75 Å². The minimum absolute atomic E-state index is 0.518. The van der Waals surface area contributed by atoms with Gasteiger partial charge in [-0.15, -0.1) is 0 Å². The summed E-state index contributed by atoms with van der Waals surface area (Å²) in [4.78, 5) is 2.61. The average molecular weight is 303 g/mol. The Morgan fingerprint density at radius 3 is 2.36 bits per heavy atom. The van der Waals surface area contributed by atoms with Crippen molar-refractivity contribution in [2.75, 3.05) is 20.2 Å². The Morgan fingerprint density at radius 2 is 1.82 bits per heavy atom. The lowest BCUT2D eigenvalue weighted by Gasteiger charge is -2.34. The molecule has 0 spiro atoms. The first-order valence-electron chi connectivity index (χ1n) is 8.92. The Labute approximate surface area is 136 Å². The van der Waals surface area contributed by atoms with Crippen LogP contribution < -0.4 is 4.74 Å². The molecule has 0 saturated carbocycles. The number of ether oxygens (including phenoxy) is 1. The molecule has 22 heavy (non-hydrogen) atoms. The van der Waals surface area contributed by atoms with E-state index in [4.69, 9.17) is 4.74 Å². The summed E-state index contributed by atoms with van der Waals surface area (Å²) in [6, 6.07) is 7.49. The van der Waals surface area contributed by atoms with E-state index in [-0.39, 0.29) is 0 Å². The Balaban J connectivity index is 1.87. The minimum Gasteiger partial charge on any atom is -0.496 e. The number of rotatable bonds is 6. The maximum atomic E-state index is 5.57. The molecule has 0 bridgehead atoms. The van der Waals surface area contributed by atoms with Gasteiger partial charge in [-0.05, 0) is 81.6 Å². The molecule has 1 heterocycles. The van der Waals surface area contributed by atoms with Gasteiger partial charge < -0.3 is 9.64 Å². The maximum Gasteiger partial charge on any atom is 0.122 e. The first kappa shape index (κ1) is 17.3. The molecule has 1 aliphatic rings. The van der Waals surface area contributed by atoms with Gasteiger partial charge in [-0.25, -0.2) is 0 Å². The van der Waals surface area contributed by atoms with Crippen molar-refractivity contribution in [3.8, 4) is 5.75 Å². The molecule has 0 atom stereocenters. The normalized spacial score (nSPS) is 17.4. The van der Waals surface area contributed by atoms with Crippen LogP contribution >= 0.6 is 0 Å². The molecule has 0 unspecified atom stereocenters. The molecule has 124 valence electrons. The van der Waals surface area contributed by atoms with E-state index in [2.05, 4.69) is 50.8 Å². The predicted molar refractivity (Wildman–Crippen MR) is 94.8 cm³/mol. The van der Waals surface area contributed by atoms with Crippen LogP contribution in [-0.4, -0.2) is 31.1 Å². The Bertz CT molecular complexity index is 459. The van der Waals surface area contributed by atoms with Crippen molar-refractivity contribution in [1.82, 2.24) is 4.90 Å². The van der Waals surface area contributed by atoms with Gasteiger partial charge in [0, 0.05) is 6.04 Å². The Morgan fingerprint density at radius 1 is 1.14 bits per heavy atom. The average Bonchev–Trinajstić information content (AvgIpc) is 2.52. The van der Waals surface area contributed by atoms with Crippen molar-refractivity contribution in [3.63, 3.8) is 0 Å². The van der Waals surface area contributed by atoms with Gasteiger partial charge in [-0.3, -0.25) is 0 Å². The number of likely N-dealkylation sites (tertiary alicyclic amines) is 1. The fourth-order valence-corrected chi connectivity index (χ4v) is 3.52. The van der Waals surface area contributed by atoms with Crippen LogP contribution in [-0.2, 0) is 6.42 Å². The summed E-state index contributed by atoms with van der Waals surface area (Å²) in [6.45, 7) is 11.6. The van der Waals surface area contributed by atoms with Gasteiger partial charge in [0.15, 0.2) is 0 Å².